The third-order valence-corrected chi connectivity index (χ3v) is 4.07. The summed E-state index contributed by atoms with van der Waals surface area (Å²) in [6.45, 7) is 1.82. The molecular formula is C13H13BrN4O4. The normalized spacial score (nSPS) is 10.4. The summed E-state index contributed by atoms with van der Waals surface area (Å²) in [6, 6.07) is 3.95. The van der Waals surface area contributed by atoms with Gasteiger partial charge in [0.15, 0.2) is 5.69 Å². The summed E-state index contributed by atoms with van der Waals surface area (Å²) in [4.78, 5) is 22.5. The number of non-ortho nitro benzene ring substituents is 1. The number of hydrogen-bond acceptors (Lipinski definition) is 5. The molecule has 0 atom stereocenters. The van der Waals surface area contributed by atoms with Crippen LogP contribution in [0.5, 0.6) is 5.75 Å². The van der Waals surface area contributed by atoms with Gasteiger partial charge in [-0.05, 0) is 28.9 Å². The monoisotopic (exact) mass is 368 g/mol. The zero-order valence-electron chi connectivity index (χ0n) is 12.1. The van der Waals surface area contributed by atoms with Crippen LogP contribution in [0.1, 0.15) is 16.2 Å². The molecule has 0 aliphatic rings. The van der Waals surface area contributed by atoms with Gasteiger partial charge in [0.05, 0.1) is 34.0 Å². The number of aryl methyl sites for hydroxylation is 1. The summed E-state index contributed by atoms with van der Waals surface area (Å²) < 4.78 is 7.24. The maximum absolute atomic E-state index is 12.3. The van der Waals surface area contributed by atoms with Crippen LogP contribution in [0.25, 0.3) is 0 Å². The minimum atomic E-state index is -0.535. The number of anilines is 1. The van der Waals surface area contributed by atoms with Gasteiger partial charge in [-0.15, -0.1) is 0 Å². The third kappa shape index (κ3) is 2.93. The molecule has 0 saturated heterocycles. The summed E-state index contributed by atoms with van der Waals surface area (Å²) in [6.07, 6.45) is 0. The van der Waals surface area contributed by atoms with Gasteiger partial charge in [0, 0.05) is 13.1 Å². The van der Waals surface area contributed by atoms with Crippen LogP contribution < -0.4 is 10.1 Å². The van der Waals surface area contributed by atoms with Crippen LogP contribution in [0.4, 0.5) is 11.4 Å². The molecule has 0 fully saturated rings. The lowest BCUT2D eigenvalue weighted by atomic mass is 10.2. The molecule has 0 aliphatic carbocycles. The van der Waals surface area contributed by atoms with Crippen molar-refractivity contribution in [3.63, 3.8) is 0 Å². The van der Waals surface area contributed by atoms with Gasteiger partial charge in [-0.25, -0.2) is 0 Å². The number of amides is 1. The molecule has 8 nitrogen and oxygen atoms in total. The van der Waals surface area contributed by atoms with Gasteiger partial charge in [-0.2, -0.15) is 5.10 Å². The van der Waals surface area contributed by atoms with Gasteiger partial charge in [-0.3, -0.25) is 19.6 Å². The van der Waals surface area contributed by atoms with E-state index in [1.807, 2.05) is 6.92 Å². The van der Waals surface area contributed by atoms with Crippen molar-refractivity contribution in [3.8, 4) is 5.75 Å². The fraction of sp³-hybridized carbons (Fsp3) is 0.231. The molecule has 0 radical (unpaired) electrons. The first kappa shape index (κ1) is 16.0. The molecule has 0 saturated carbocycles. The van der Waals surface area contributed by atoms with E-state index in [4.69, 9.17) is 4.74 Å². The smallest absolute Gasteiger partial charge is 0.277 e. The molecule has 0 aliphatic heterocycles. The predicted octanol–water partition coefficient (Wildman–Crippen LogP) is 2.66. The van der Waals surface area contributed by atoms with Gasteiger partial charge < -0.3 is 10.1 Å². The Balaban J connectivity index is 2.32. The number of nitrogens with one attached hydrogen (secondary N) is 1. The minimum absolute atomic E-state index is 0.121. The van der Waals surface area contributed by atoms with E-state index in [1.54, 1.807) is 11.7 Å². The Hall–Kier alpha value is -2.42. The SMILES string of the molecule is COc1cc([N+](=O)[O-])ccc1NC(=O)c1nn(C)c(C)c1Br. The summed E-state index contributed by atoms with van der Waals surface area (Å²) >= 11 is 3.32. The fourth-order valence-electron chi connectivity index (χ4n) is 1.81. The van der Waals surface area contributed by atoms with Crippen molar-refractivity contribution >= 4 is 33.2 Å². The lowest BCUT2D eigenvalue weighted by Crippen LogP contribution is -2.14. The number of carbonyl (C=O) groups excluding carboxylic acids is 1. The minimum Gasteiger partial charge on any atom is -0.494 e. The molecule has 0 unspecified atom stereocenters. The first-order valence-electron chi connectivity index (χ1n) is 6.18. The van der Waals surface area contributed by atoms with Gasteiger partial charge in [0.1, 0.15) is 5.75 Å². The van der Waals surface area contributed by atoms with Crippen molar-refractivity contribution < 1.29 is 14.5 Å². The van der Waals surface area contributed by atoms with Crippen LogP contribution in [-0.4, -0.2) is 27.7 Å². The summed E-state index contributed by atoms with van der Waals surface area (Å²) in [5.41, 5.74) is 1.24. The number of carbonyl (C=O) groups is 1. The third-order valence-electron chi connectivity index (χ3n) is 3.12. The van der Waals surface area contributed by atoms with Crippen LogP contribution in [0.2, 0.25) is 0 Å². The number of ether oxygens (including phenoxy) is 1. The van der Waals surface area contributed by atoms with Gasteiger partial charge in [-0.1, -0.05) is 0 Å². The van der Waals surface area contributed by atoms with E-state index in [2.05, 4.69) is 26.3 Å². The zero-order chi connectivity index (χ0) is 16.4. The van der Waals surface area contributed by atoms with Crippen LogP contribution in [0.3, 0.4) is 0 Å². The van der Waals surface area contributed by atoms with Crippen LogP contribution in [-0.2, 0) is 7.05 Å². The molecule has 1 aromatic carbocycles. The maximum Gasteiger partial charge on any atom is 0.277 e. The number of nitro benzene ring substituents is 1. The Bertz CT molecular complexity index is 757. The van der Waals surface area contributed by atoms with Crippen LogP contribution in [0.15, 0.2) is 22.7 Å². The summed E-state index contributed by atoms with van der Waals surface area (Å²) in [7, 11) is 3.10. The number of nitrogens with zero attached hydrogens (tertiary/aromatic N) is 3. The summed E-state index contributed by atoms with van der Waals surface area (Å²) in [5.74, 6) is -0.242. The van der Waals surface area contributed by atoms with Crippen molar-refractivity contribution in [2.75, 3.05) is 12.4 Å². The Morgan fingerprint density at radius 3 is 2.68 bits per heavy atom. The number of rotatable bonds is 4. The van der Waals surface area contributed by atoms with E-state index in [9.17, 15) is 14.9 Å². The number of halogens is 1. The average Bonchev–Trinajstić information content (AvgIpc) is 2.75. The number of methoxy groups -OCH3 is 1. The van der Waals surface area contributed by atoms with Crippen molar-refractivity contribution in [1.82, 2.24) is 9.78 Å². The summed E-state index contributed by atoms with van der Waals surface area (Å²) in [5, 5.41) is 17.5. The van der Waals surface area contributed by atoms with Gasteiger partial charge in [0.25, 0.3) is 11.6 Å². The van der Waals surface area contributed by atoms with Crippen molar-refractivity contribution in [1.29, 1.82) is 0 Å². The molecular weight excluding hydrogens is 356 g/mol. The van der Waals surface area contributed by atoms with Gasteiger partial charge in [0.2, 0.25) is 0 Å². The molecule has 0 bridgehead atoms. The topological polar surface area (TPSA) is 99.3 Å². The van der Waals surface area contributed by atoms with E-state index < -0.39 is 10.8 Å². The Morgan fingerprint density at radius 2 is 2.18 bits per heavy atom. The molecule has 2 rings (SSSR count). The largest absolute Gasteiger partial charge is 0.494 e. The van der Waals surface area contributed by atoms with Crippen molar-refractivity contribution in [2.45, 2.75) is 6.92 Å². The van der Waals surface area contributed by atoms with Crippen LogP contribution >= 0.6 is 15.9 Å². The first-order valence-corrected chi connectivity index (χ1v) is 6.97. The highest BCUT2D eigenvalue weighted by Gasteiger charge is 2.20. The lowest BCUT2D eigenvalue weighted by molar-refractivity contribution is -0.384. The van der Waals surface area contributed by atoms with Crippen LogP contribution in [0, 0.1) is 17.0 Å². The second-order valence-corrected chi connectivity index (χ2v) is 5.26. The highest BCUT2D eigenvalue weighted by Crippen LogP contribution is 2.30. The Labute approximate surface area is 134 Å². The number of aromatic nitrogens is 2. The molecule has 1 amide bonds. The van der Waals surface area contributed by atoms with E-state index in [-0.39, 0.29) is 17.1 Å². The molecule has 116 valence electrons. The average molecular weight is 369 g/mol. The number of hydrogen-bond donors (Lipinski definition) is 1. The predicted molar refractivity (Wildman–Crippen MR) is 83.2 cm³/mol. The molecule has 22 heavy (non-hydrogen) atoms. The number of benzene rings is 1. The molecule has 1 heterocycles. The molecule has 9 heteroatoms. The highest BCUT2D eigenvalue weighted by atomic mass is 79.9. The standard InChI is InChI=1S/C13H13BrN4O4/c1-7-11(14)12(16-17(7)2)13(19)15-9-5-4-8(18(20)21)6-10(9)22-3/h4-6H,1-3H3,(H,15,19). The molecule has 1 aromatic heterocycles. The molecule has 2 aromatic rings. The second-order valence-electron chi connectivity index (χ2n) is 4.47. The van der Waals surface area contributed by atoms with Crippen molar-refractivity contribution in [3.05, 3.63) is 44.2 Å². The van der Waals surface area contributed by atoms with E-state index in [0.717, 1.165) is 5.69 Å². The quantitative estimate of drug-likeness (QED) is 0.660. The molecule has 1 N–H and O–H groups in total. The highest BCUT2D eigenvalue weighted by molar-refractivity contribution is 9.10. The van der Waals surface area contributed by atoms with E-state index in [1.165, 1.54) is 25.3 Å². The Morgan fingerprint density at radius 1 is 1.50 bits per heavy atom. The molecule has 0 spiro atoms. The van der Waals surface area contributed by atoms with Gasteiger partial charge >= 0.3 is 0 Å². The fourth-order valence-corrected chi connectivity index (χ4v) is 2.32. The Kier molecular flexibility index (Phi) is 4.45. The van der Waals surface area contributed by atoms with E-state index >= 15 is 0 Å². The zero-order valence-corrected chi connectivity index (χ0v) is 13.7. The second kappa shape index (κ2) is 6.14. The maximum atomic E-state index is 12.3. The number of nitro groups is 1. The lowest BCUT2D eigenvalue weighted by Gasteiger charge is -2.09. The first-order chi connectivity index (χ1) is 10.3. The van der Waals surface area contributed by atoms with Crippen molar-refractivity contribution in [2.24, 2.45) is 7.05 Å². The van der Waals surface area contributed by atoms with E-state index in [0.29, 0.717) is 10.2 Å².